The fourth-order valence-corrected chi connectivity index (χ4v) is 4.33. The highest BCUT2D eigenvalue weighted by Crippen LogP contribution is 2.25. The first kappa shape index (κ1) is 19.8. The van der Waals surface area contributed by atoms with Crippen molar-refractivity contribution in [1.29, 1.82) is 0 Å². The molecule has 1 amide bonds. The van der Waals surface area contributed by atoms with Crippen molar-refractivity contribution in [1.82, 2.24) is 30.2 Å². The average Bonchev–Trinajstić information content (AvgIpc) is 3.37. The number of alkyl halides is 2. The van der Waals surface area contributed by atoms with Gasteiger partial charge < -0.3 is 10.6 Å². The van der Waals surface area contributed by atoms with Crippen LogP contribution in [0.1, 0.15) is 43.1 Å². The molecule has 3 aromatic rings. The van der Waals surface area contributed by atoms with Gasteiger partial charge in [-0.1, -0.05) is 0 Å². The summed E-state index contributed by atoms with van der Waals surface area (Å²) in [6, 6.07) is 1.92. The fourth-order valence-electron chi connectivity index (χ4n) is 3.52. The predicted molar refractivity (Wildman–Crippen MR) is 107 cm³/mol. The molecule has 1 saturated carbocycles. The van der Waals surface area contributed by atoms with E-state index in [1.54, 1.807) is 23.3 Å². The number of aromatic nitrogens is 4. The van der Waals surface area contributed by atoms with Crippen LogP contribution in [0, 0.1) is 0 Å². The zero-order valence-corrected chi connectivity index (χ0v) is 16.8. The zero-order valence-electron chi connectivity index (χ0n) is 15.9. The Morgan fingerprint density at radius 2 is 2.03 bits per heavy atom. The number of carbonyl (C=O) groups is 1. The van der Waals surface area contributed by atoms with Crippen LogP contribution in [0.4, 0.5) is 8.78 Å². The van der Waals surface area contributed by atoms with E-state index in [1.165, 1.54) is 11.3 Å². The minimum absolute atomic E-state index is 0.00404. The van der Waals surface area contributed by atoms with Gasteiger partial charge in [-0.15, -0.1) is 11.3 Å². The quantitative estimate of drug-likeness (QED) is 0.640. The molecule has 3 aromatic heterocycles. The van der Waals surface area contributed by atoms with Gasteiger partial charge in [0.1, 0.15) is 6.33 Å². The molecule has 7 nitrogen and oxygen atoms in total. The molecule has 0 spiro atoms. The number of carbonyl (C=O) groups excluding carboxylic acids is 1. The maximum absolute atomic E-state index is 13.0. The number of rotatable bonds is 6. The van der Waals surface area contributed by atoms with Crippen molar-refractivity contribution >= 4 is 27.5 Å². The maximum Gasteiger partial charge on any atom is 0.271 e. The fraction of sp³-hybridized carbons (Fsp3) is 0.474. The Kier molecular flexibility index (Phi) is 5.55. The van der Waals surface area contributed by atoms with Gasteiger partial charge in [-0.25, -0.2) is 23.7 Å². The van der Waals surface area contributed by atoms with Crippen LogP contribution in [-0.2, 0) is 0 Å². The number of imidazole rings is 1. The Bertz CT molecular complexity index is 976. The van der Waals surface area contributed by atoms with Gasteiger partial charge in [0, 0.05) is 31.4 Å². The number of halogens is 2. The third-order valence-corrected chi connectivity index (χ3v) is 5.92. The summed E-state index contributed by atoms with van der Waals surface area (Å²) < 4.78 is 28.4. The summed E-state index contributed by atoms with van der Waals surface area (Å²) in [5.41, 5.74) is 1.06. The van der Waals surface area contributed by atoms with E-state index in [-0.39, 0.29) is 24.5 Å². The van der Waals surface area contributed by atoms with Gasteiger partial charge in [-0.05, 0) is 37.1 Å². The van der Waals surface area contributed by atoms with Gasteiger partial charge in [-0.2, -0.15) is 0 Å². The Morgan fingerprint density at radius 1 is 1.28 bits per heavy atom. The van der Waals surface area contributed by atoms with Crippen molar-refractivity contribution < 1.29 is 13.6 Å². The van der Waals surface area contributed by atoms with Crippen LogP contribution in [0.2, 0.25) is 0 Å². The number of fused-ring (bicyclic) bond motifs is 1. The number of thiophene rings is 1. The number of nitrogens with zero attached hydrogens (tertiary/aromatic N) is 4. The second-order valence-electron chi connectivity index (χ2n) is 7.45. The Labute approximate surface area is 170 Å². The highest BCUT2D eigenvalue weighted by molar-refractivity contribution is 7.17. The van der Waals surface area contributed by atoms with E-state index in [0.717, 1.165) is 37.3 Å². The minimum Gasteiger partial charge on any atom is -0.348 e. The topological polar surface area (TPSA) is 84.7 Å². The molecule has 1 aliphatic carbocycles. The third-order valence-electron chi connectivity index (χ3n) is 5.01. The molecule has 2 N–H and O–H groups in total. The van der Waals surface area contributed by atoms with Crippen LogP contribution in [0.15, 0.2) is 30.2 Å². The molecule has 0 aliphatic heterocycles. The lowest BCUT2D eigenvalue weighted by atomic mass is 9.91. The van der Waals surface area contributed by atoms with Gasteiger partial charge in [0.25, 0.3) is 11.8 Å². The summed E-state index contributed by atoms with van der Waals surface area (Å²) in [7, 11) is 0. The van der Waals surface area contributed by atoms with Crippen molar-refractivity contribution in [3.63, 3.8) is 0 Å². The molecule has 1 fully saturated rings. The molecule has 4 rings (SSSR count). The number of hydrogen-bond acceptors (Lipinski definition) is 6. The summed E-state index contributed by atoms with van der Waals surface area (Å²) in [6.45, 7) is 0.597. The van der Waals surface area contributed by atoms with Gasteiger partial charge >= 0.3 is 0 Å². The molecular weight excluding hydrogens is 398 g/mol. The van der Waals surface area contributed by atoms with Crippen LogP contribution < -0.4 is 10.6 Å². The predicted octanol–water partition coefficient (Wildman–Crippen LogP) is 3.16. The summed E-state index contributed by atoms with van der Waals surface area (Å²) in [5.74, 6) is -2.55. The van der Waals surface area contributed by atoms with E-state index in [2.05, 4.69) is 25.6 Å². The van der Waals surface area contributed by atoms with Crippen LogP contribution >= 0.6 is 11.3 Å². The third kappa shape index (κ3) is 4.76. The van der Waals surface area contributed by atoms with Gasteiger partial charge in [0.05, 0.1) is 16.8 Å². The van der Waals surface area contributed by atoms with E-state index in [0.29, 0.717) is 17.2 Å². The molecule has 29 heavy (non-hydrogen) atoms. The SMILES string of the molecule is CC(F)(F)CN[C@H]1CC[C@H](NC(=O)c2nc(-n3ccnc3)nc3ccsc23)CC1. The monoisotopic (exact) mass is 420 g/mol. The van der Waals surface area contributed by atoms with Gasteiger partial charge in [-0.3, -0.25) is 9.36 Å². The highest BCUT2D eigenvalue weighted by Gasteiger charge is 2.27. The van der Waals surface area contributed by atoms with E-state index in [1.807, 2.05) is 11.4 Å². The summed E-state index contributed by atoms with van der Waals surface area (Å²) in [4.78, 5) is 25.9. The number of hydrogen-bond donors (Lipinski definition) is 2. The lowest BCUT2D eigenvalue weighted by Gasteiger charge is -2.30. The molecular formula is C19H22F2N6OS. The largest absolute Gasteiger partial charge is 0.348 e. The normalized spacial score (nSPS) is 20.1. The zero-order chi connectivity index (χ0) is 20.4. The average molecular weight is 420 g/mol. The van der Waals surface area contributed by atoms with Crippen LogP contribution in [0.5, 0.6) is 0 Å². The molecule has 0 radical (unpaired) electrons. The standard InChI is InChI=1S/C19H22F2N6OS/c1-19(20,21)10-23-12-2-4-13(5-3-12)24-17(28)15-16-14(6-9-29-16)25-18(26-15)27-8-7-22-11-27/h6-9,11-13,23H,2-5,10H2,1H3,(H,24,28)/t12-,13-. The molecule has 1 aliphatic rings. The number of nitrogens with one attached hydrogen (secondary N) is 2. The molecule has 10 heteroatoms. The van der Waals surface area contributed by atoms with Crippen molar-refractivity contribution in [2.75, 3.05) is 6.54 Å². The summed E-state index contributed by atoms with van der Waals surface area (Å²) >= 11 is 1.43. The van der Waals surface area contributed by atoms with Gasteiger partial charge in [0.2, 0.25) is 5.95 Å². The van der Waals surface area contributed by atoms with Crippen LogP contribution in [0.25, 0.3) is 16.2 Å². The lowest BCUT2D eigenvalue weighted by molar-refractivity contribution is 0.0184. The van der Waals surface area contributed by atoms with Crippen LogP contribution in [0.3, 0.4) is 0 Å². The smallest absolute Gasteiger partial charge is 0.271 e. The van der Waals surface area contributed by atoms with E-state index in [4.69, 9.17) is 0 Å². The minimum atomic E-state index is -2.71. The molecule has 0 atom stereocenters. The molecule has 0 saturated heterocycles. The Balaban J connectivity index is 1.43. The van der Waals surface area contributed by atoms with E-state index >= 15 is 0 Å². The molecule has 154 valence electrons. The van der Waals surface area contributed by atoms with Crippen molar-refractivity contribution in [3.05, 3.63) is 35.9 Å². The lowest BCUT2D eigenvalue weighted by Crippen LogP contribution is -2.44. The van der Waals surface area contributed by atoms with E-state index in [9.17, 15) is 13.6 Å². The second kappa shape index (κ2) is 8.11. The molecule has 3 heterocycles. The van der Waals surface area contributed by atoms with Crippen LogP contribution in [-0.4, -0.2) is 50.0 Å². The molecule has 0 bridgehead atoms. The highest BCUT2D eigenvalue weighted by atomic mass is 32.1. The summed E-state index contributed by atoms with van der Waals surface area (Å²) in [6.07, 6.45) is 7.92. The first-order valence-corrected chi connectivity index (χ1v) is 10.4. The van der Waals surface area contributed by atoms with E-state index < -0.39 is 5.92 Å². The summed E-state index contributed by atoms with van der Waals surface area (Å²) in [5, 5.41) is 7.86. The molecule has 0 unspecified atom stereocenters. The van der Waals surface area contributed by atoms with Crippen molar-refractivity contribution in [2.24, 2.45) is 0 Å². The second-order valence-corrected chi connectivity index (χ2v) is 8.37. The first-order valence-electron chi connectivity index (χ1n) is 9.55. The maximum atomic E-state index is 13.0. The Hall–Kier alpha value is -2.46. The first-order chi connectivity index (χ1) is 13.9. The van der Waals surface area contributed by atoms with Crippen molar-refractivity contribution in [3.8, 4) is 5.95 Å². The Morgan fingerprint density at radius 3 is 2.72 bits per heavy atom. The van der Waals surface area contributed by atoms with Crippen molar-refractivity contribution in [2.45, 2.75) is 50.6 Å². The molecule has 0 aromatic carbocycles. The van der Waals surface area contributed by atoms with Gasteiger partial charge in [0.15, 0.2) is 5.69 Å². The number of amides is 1.